The summed E-state index contributed by atoms with van der Waals surface area (Å²) in [5.41, 5.74) is 12.7. The summed E-state index contributed by atoms with van der Waals surface area (Å²) in [6, 6.07) is 45.6. The SMILES string of the molecule is C1=CC(c2nc(-c3ccc(C4=CCCC=C4c4cccc5ccccc45)cc3)cc(-c3ccc(-c4ccccc4)cc3)n2)=CCC1. The van der Waals surface area contributed by atoms with Gasteiger partial charge in [0.05, 0.1) is 11.4 Å². The van der Waals surface area contributed by atoms with Gasteiger partial charge in [-0.25, -0.2) is 9.97 Å². The van der Waals surface area contributed by atoms with Crippen LogP contribution in [0.5, 0.6) is 0 Å². The van der Waals surface area contributed by atoms with Crippen molar-refractivity contribution in [3.05, 3.63) is 175 Å². The molecule has 0 saturated heterocycles. The van der Waals surface area contributed by atoms with E-state index in [-0.39, 0.29) is 0 Å². The van der Waals surface area contributed by atoms with Gasteiger partial charge in [0.2, 0.25) is 0 Å². The van der Waals surface area contributed by atoms with Gasteiger partial charge in [0, 0.05) is 16.7 Å². The van der Waals surface area contributed by atoms with Crippen molar-refractivity contribution in [2.45, 2.75) is 25.7 Å². The van der Waals surface area contributed by atoms with Crippen LogP contribution in [0.2, 0.25) is 0 Å². The number of hydrogen-bond acceptors (Lipinski definition) is 2. The van der Waals surface area contributed by atoms with Crippen molar-refractivity contribution in [1.82, 2.24) is 9.97 Å². The zero-order chi connectivity index (χ0) is 30.7. The van der Waals surface area contributed by atoms with Gasteiger partial charge >= 0.3 is 0 Å². The first-order chi connectivity index (χ1) is 22.8. The highest BCUT2D eigenvalue weighted by molar-refractivity contribution is 6.11. The zero-order valence-corrected chi connectivity index (χ0v) is 25.7. The van der Waals surface area contributed by atoms with Gasteiger partial charge in [-0.15, -0.1) is 0 Å². The van der Waals surface area contributed by atoms with Crippen molar-refractivity contribution in [2.75, 3.05) is 0 Å². The highest BCUT2D eigenvalue weighted by Crippen LogP contribution is 2.39. The third kappa shape index (κ3) is 5.55. The summed E-state index contributed by atoms with van der Waals surface area (Å²) in [5, 5.41) is 2.57. The fourth-order valence-corrected chi connectivity index (χ4v) is 6.60. The minimum absolute atomic E-state index is 0.774. The van der Waals surface area contributed by atoms with Crippen molar-refractivity contribution in [3.63, 3.8) is 0 Å². The van der Waals surface area contributed by atoms with E-state index in [2.05, 4.69) is 158 Å². The van der Waals surface area contributed by atoms with Crippen LogP contribution in [0.4, 0.5) is 0 Å². The monoisotopic (exact) mass is 590 g/mol. The molecule has 0 bridgehead atoms. The first kappa shape index (κ1) is 27.9. The predicted molar refractivity (Wildman–Crippen MR) is 194 cm³/mol. The second kappa shape index (κ2) is 12.4. The van der Waals surface area contributed by atoms with E-state index in [0.717, 1.165) is 59.6 Å². The average Bonchev–Trinajstić information content (AvgIpc) is 3.15. The summed E-state index contributed by atoms with van der Waals surface area (Å²) in [5.74, 6) is 0.774. The number of fused-ring (bicyclic) bond motifs is 1. The number of hydrogen-bond donors (Lipinski definition) is 0. The summed E-state index contributed by atoms with van der Waals surface area (Å²) in [4.78, 5) is 10.2. The number of benzene rings is 5. The van der Waals surface area contributed by atoms with Gasteiger partial charge in [-0.1, -0.05) is 152 Å². The van der Waals surface area contributed by atoms with Gasteiger partial charge in [-0.3, -0.25) is 0 Å². The maximum atomic E-state index is 5.10. The van der Waals surface area contributed by atoms with Crippen LogP contribution in [0.1, 0.15) is 42.6 Å². The van der Waals surface area contributed by atoms with Crippen LogP contribution in [0.3, 0.4) is 0 Å². The van der Waals surface area contributed by atoms with E-state index < -0.39 is 0 Å². The molecule has 8 rings (SSSR count). The third-order valence-electron chi connectivity index (χ3n) is 8.99. The van der Waals surface area contributed by atoms with Gasteiger partial charge in [0.15, 0.2) is 5.82 Å². The van der Waals surface area contributed by atoms with Crippen LogP contribution < -0.4 is 0 Å². The molecule has 2 aliphatic carbocycles. The molecule has 0 atom stereocenters. The van der Waals surface area contributed by atoms with E-state index in [0.29, 0.717) is 0 Å². The van der Waals surface area contributed by atoms with Crippen molar-refractivity contribution in [1.29, 1.82) is 0 Å². The molecule has 2 aliphatic rings. The minimum Gasteiger partial charge on any atom is -0.228 e. The maximum absolute atomic E-state index is 5.10. The summed E-state index contributed by atoms with van der Waals surface area (Å²) < 4.78 is 0. The Hall–Kier alpha value is -5.60. The standard InChI is InChI=1S/C44H34N2/c1-3-12-31(13-4-1)32-22-26-35(27-23-32)42-30-43(46-44(45-42)37-15-5-2-6-16-37)36-28-24-34(25-29-36)39-19-9-10-20-40(39)41-21-11-17-33-14-7-8-18-38(33)41/h1,3-5,7-8,11-30H,2,6,9-10H2. The molecule has 1 aromatic heterocycles. The van der Waals surface area contributed by atoms with Crippen molar-refractivity contribution in [3.8, 4) is 33.6 Å². The van der Waals surface area contributed by atoms with Crippen LogP contribution in [-0.4, -0.2) is 9.97 Å². The Bertz CT molecular complexity index is 2160. The van der Waals surface area contributed by atoms with Gasteiger partial charge in [0.25, 0.3) is 0 Å². The molecule has 0 saturated carbocycles. The van der Waals surface area contributed by atoms with Crippen LogP contribution in [0, 0.1) is 0 Å². The highest BCUT2D eigenvalue weighted by atomic mass is 14.9. The average molecular weight is 591 g/mol. The van der Waals surface area contributed by atoms with Crippen LogP contribution >= 0.6 is 0 Å². The van der Waals surface area contributed by atoms with Gasteiger partial charge in [0.1, 0.15) is 0 Å². The normalized spacial score (nSPS) is 14.5. The van der Waals surface area contributed by atoms with E-state index in [1.54, 1.807) is 0 Å². The van der Waals surface area contributed by atoms with Crippen molar-refractivity contribution in [2.24, 2.45) is 0 Å². The lowest BCUT2D eigenvalue weighted by atomic mass is 9.85. The number of allylic oxidation sites excluding steroid dienone is 8. The Labute approximate surface area is 270 Å². The number of aromatic nitrogens is 2. The predicted octanol–water partition coefficient (Wildman–Crippen LogP) is 11.6. The summed E-state index contributed by atoms with van der Waals surface area (Å²) in [6.45, 7) is 0. The molecular formula is C44H34N2. The zero-order valence-electron chi connectivity index (χ0n) is 25.7. The molecule has 0 N–H and O–H groups in total. The van der Waals surface area contributed by atoms with Crippen molar-refractivity contribution < 1.29 is 0 Å². The van der Waals surface area contributed by atoms with Crippen LogP contribution in [-0.2, 0) is 0 Å². The highest BCUT2D eigenvalue weighted by Gasteiger charge is 2.17. The Kier molecular flexibility index (Phi) is 7.54. The molecule has 0 aliphatic heterocycles. The van der Waals surface area contributed by atoms with Crippen LogP contribution in [0.15, 0.2) is 158 Å². The lowest BCUT2D eigenvalue weighted by Gasteiger charge is -2.19. The molecule has 220 valence electrons. The molecule has 0 unspecified atom stereocenters. The van der Waals surface area contributed by atoms with Crippen LogP contribution in [0.25, 0.3) is 61.1 Å². The number of nitrogens with zero attached hydrogens (tertiary/aromatic N) is 2. The third-order valence-corrected chi connectivity index (χ3v) is 8.99. The summed E-state index contributed by atoms with van der Waals surface area (Å²) in [7, 11) is 0. The summed E-state index contributed by atoms with van der Waals surface area (Å²) >= 11 is 0. The van der Waals surface area contributed by atoms with Gasteiger partial charge < -0.3 is 0 Å². The molecule has 46 heavy (non-hydrogen) atoms. The van der Waals surface area contributed by atoms with Gasteiger partial charge in [-0.05, 0) is 75.9 Å². The molecule has 5 aromatic carbocycles. The maximum Gasteiger partial charge on any atom is 0.160 e. The van der Waals surface area contributed by atoms with Gasteiger partial charge in [-0.2, -0.15) is 0 Å². The van der Waals surface area contributed by atoms with E-state index in [4.69, 9.17) is 9.97 Å². The Morgan fingerprint density at radius 1 is 0.435 bits per heavy atom. The molecule has 0 spiro atoms. The Morgan fingerprint density at radius 2 is 1.02 bits per heavy atom. The first-order valence-corrected chi connectivity index (χ1v) is 16.2. The molecule has 0 amide bonds. The molecule has 1 heterocycles. The topological polar surface area (TPSA) is 25.8 Å². The molecular weight excluding hydrogens is 556 g/mol. The first-order valence-electron chi connectivity index (χ1n) is 16.2. The lowest BCUT2D eigenvalue weighted by Crippen LogP contribution is -2.00. The second-order valence-corrected chi connectivity index (χ2v) is 12.0. The minimum atomic E-state index is 0.774. The Balaban J connectivity index is 1.15. The summed E-state index contributed by atoms with van der Waals surface area (Å²) in [6.07, 6.45) is 15.6. The van der Waals surface area contributed by atoms with E-state index in [9.17, 15) is 0 Å². The largest absolute Gasteiger partial charge is 0.228 e. The Morgan fingerprint density at radius 3 is 1.74 bits per heavy atom. The molecule has 2 heteroatoms. The fraction of sp³-hybridized carbons (Fsp3) is 0.0909. The molecule has 0 fully saturated rings. The lowest BCUT2D eigenvalue weighted by molar-refractivity contribution is 1.03. The van der Waals surface area contributed by atoms with Crippen molar-refractivity contribution >= 4 is 27.5 Å². The quantitative estimate of drug-likeness (QED) is 0.193. The molecule has 0 radical (unpaired) electrons. The number of rotatable bonds is 6. The van der Waals surface area contributed by atoms with E-state index in [1.165, 1.54) is 44.2 Å². The smallest absolute Gasteiger partial charge is 0.160 e. The molecule has 2 nitrogen and oxygen atoms in total. The van der Waals surface area contributed by atoms with E-state index >= 15 is 0 Å². The fourth-order valence-electron chi connectivity index (χ4n) is 6.60. The van der Waals surface area contributed by atoms with E-state index in [1.807, 2.05) is 0 Å². The second-order valence-electron chi connectivity index (χ2n) is 12.0. The molecule has 6 aromatic rings.